The van der Waals surface area contributed by atoms with E-state index >= 15 is 0 Å². The van der Waals surface area contributed by atoms with E-state index in [-0.39, 0.29) is 57.4 Å². The Labute approximate surface area is 105 Å². The molecule has 0 amide bonds. The Bertz CT molecular complexity index is 83.7. The first kappa shape index (κ1) is 13.7. The standard InChI is InChI=1S/C7H14O2.K.H/c1-3-4-5-6-7(8)9-2;;/h3-6H2,1-2H3;;. The van der Waals surface area contributed by atoms with Crippen LogP contribution in [0, 0.1) is 0 Å². The number of ether oxygens (including phenoxy) is 1. The molecule has 2 nitrogen and oxygen atoms in total. The van der Waals surface area contributed by atoms with Crippen LogP contribution in [-0.4, -0.2) is 64.5 Å². The number of esters is 1. The van der Waals surface area contributed by atoms with Crippen LogP contribution < -0.4 is 0 Å². The summed E-state index contributed by atoms with van der Waals surface area (Å²) in [6, 6.07) is 0. The normalized spacial score (nSPS) is 8.20. The summed E-state index contributed by atoms with van der Waals surface area (Å²) in [5.41, 5.74) is 0. The molecule has 0 aliphatic rings. The summed E-state index contributed by atoms with van der Waals surface area (Å²) in [7, 11) is 1.42. The van der Waals surface area contributed by atoms with Crippen molar-refractivity contribution in [1.82, 2.24) is 0 Å². The third-order valence-electron chi connectivity index (χ3n) is 1.21. The van der Waals surface area contributed by atoms with Crippen molar-refractivity contribution in [3.8, 4) is 0 Å². The molecule has 10 heavy (non-hydrogen) atoms. The Kier molecular flexibility index (Phi) is 13.8. The second-order valence-corrected chi connectivity index (χ2v) is 2.03. The van der Waals surface area contributed by atoms with Crippen LogP contribution in [0.2, 0.25) is 0 Å². The second kappa shape index (κ2) is 10.1. The molecule has 0 bridgehead atoms. The topological polar surface area (TPSA) is 26.3 Å². The third-order valence-corrected chi connectivity index (χ3v) is 1.21. The van der Waals surface area contributed by atoms with Crippen LogP contribution >= 0.6 is 0 Å². The molecule has 0 aliphatic carbocycles. The van der Waals surface area contributed by atoms with Gasteiger partial charge in [-0.25, -0.2) is 0 Å². The SMILES string of the molecule is CCCCCC(=O)OC.[KH]. The van der Waals surface area contributed by atoms with Gasteiger partial charge in [-0.1, -0.05) is 19.8 Å². The predicted octanol–water partition coefficient (Wildman–Crippen LogP) is 1.09. The molecule has 0 saturated heterocycles. The second-order valence-electron chi connectivity index (χ2n) is 2.03. The minimum absolute atomic E-state index is 0. The molecular formula is C7H15KO2. The van der Waals surface area contributed by atoms with E-state index in [1.165, 1.54) is 7.11 Å². The van der Waals surface area contributed by atoms with Crippen molar-refractivity contribution < 1.29 is 9.53 Å². The van der Waals surface area contributed by atoms with Crippen molar-refractivity contribution in [3.05, 3.63) is 0 Å². The van der Waals surface area contributed by atoms with Crippen molar-refractivity contribution in [2.45, 2.75) is 32.6 Å². The fraction of sp³-hybridized carbons (Fsp3) is 0.857. The summed E-state index contributed by atoms with van der Waals surface area (Å²) in [5, 5.41) is 0. The van der Waals surface area contributed by atoms with E-state index in [0.717, 1.165) is 19.3 Å². The van der Waals surface area contributed by atoms with Crippen LogP contribution in [-0.2, 0) is 9.53 Å². The molecule has 0 rings (SSSR count). The Morgan fingerprint density at radius 1 is 1.40 bits per heavy atom. The average molecular weight is 170 g/mol. The predicted molar refractivity (Wildman–Crippen MR) is 43.3 cm³/mol. The molecule has 0 radical (unpaired) electrons. The fourth-order valence-electron chi connectivity index (χ4n) is 0.621. The zero-order chi connectivity index (χ0) is 7.11. The van der Waals surface area contributed by atoms with Gasteiger partial charge in [0.2, 0.25) is 0 Å². The summed E-state index contributed by atoms with van der Waals surface area (Å²) < 4.78 is 4.46. The van der Waals surface area contributed by atoms with Gasteiger partial charge in [-0.05, 0) is 6.42 Å². The van der Waals surface area contributed by atoms with E-state index in [2.05, 4.69) is 11.7 Å². The van der Waals surface area contributed by atoms with E-state index < -0.39 is 0 Å². The third kappa shape index (κ3) is 9.11. The first-order valence-corrected chi connectivity index (χ1v) is 3.38. The monoisotopic (exact) mass is 170 g/mol. The molecule has 0 heterocycles. The number of carbonyl (C=O) groups excluding carboxylic acids is 1. The Morgan fingerprint density at radius 3 is 2.40 bits per heavy atom. The van der Waals surface area contributed by atoms with E-state index in [1.54, 1.807) is 0 Å². The van der Waals surface area contributed by atoms with Crippen LogP contribution in [0.15, 0.2) is 0 Å². The molecule has 56 valence electrons. The van der Waals surface area contributed by atoms with Gasteiger partial charge in [0, 0.05) is 6.42 Å². The summed E-state index contributed by atoms with van der Waals surface area (Å²) in [5.74, 6) is -0.0940. The van der Waals surface area contributed by atoms with E-state index in [1.807, 2.05) is 0 Å². The van der Waals surface area contributed by atoms with Crippen molar-refractivity contribution in [3.63, 3.8) is 0 Å². The summed E-state index contributed by atoms with van der Waals surface area (Å²) in [6.45, 7) is 2.11. The molecular weight excluding hydrogens is 155 g/mol. The van der Waals surface area contributed by atoms with Gasteiger partial charge in [0.15, 0.2) is 0 Å². The van der Waals surface area contributed by atoms with Crippen molar-refractivity contribution in [2.24, 2.45) is 0 Å². The zero-order valence-electron chi connectivity index (χ0n) is 6.14. The van der Waals surface area contributed by atoms with E-state index in [4.69, 9.17) is 0 Å². The number of carbonyl (C=O) groups is 1. The number of hydrogen-bond acceptors (Lipinski definition) is 2. The number of unbranched alkanes of at least 4 members (excludes halogenated alkanes) is 2. The Morgan fingerprint density at radius 2 is 2.00 bits per heavy atom. The molecule has 0 aromatic carbocycles. The molecule has 0 unspecified atom stereocenters. The van der Waals surface area contributed by atoms with Gasteiger partial charge in [-0.15, -0.1) is 0 Å². The molecule has 0 aliphatic heterocycles. The number of methoxy groups -OCH3 is 1. The average Bonchev–Trinajstić information content (AvgIpc) is 1.89. The van der Waals surface area contributed by atoms with Crippen LogP contribution in [0.25, 0.3) is 0 Å². The minimum atomic E-state index is -0.0940. The van der Waals surface area contributed by atoms with Crippen LogP contribution in [0.5, 0.6) is 0 Å². The molecule has 0 N–H and O–H groups in total. The van der Waals surface area contributed by atoms with E-state index in [9.17, 15) is 4.79 Å². The molecule has 3 heteroatoms. The molecule has 0 aromatic heterocycles. The quantitative estimate of drug-likeness (QED) is 0.359. The first-order valence-electron chi connectivity index (χ1n) is 3.38. The maximum absolute atomic E-state index is 10.5. The van der Waals surface area contributed by atoms with Crippen LogP contribution in [0.3, 0.4) is 0 Å². The maximum atomic E-state index is 10.5. The molecule has 0 atom stereocenters. The van der Waals surface area contributed by atoms with Crippen molar-refractivity contribution in [1.29, 1.82) is 0 Å². The van der Waals surface area contributed by atoms with Gasteiger partial charge < -0.3 is 4.74 Å². The van der Waals surface area contributed by atoms with Gasteiger partial charge in [-0.3, -0.25) is 4.79 Å². The number of hydrogen-bond donors (Lipinski definition) is 0. The summed E-state index contributed by atoms with van der Waals surface area (Å²) in [4.78, 5) is 10.5. The van der Waals surface area contributed by atoms with Gasteiger partial charge in [0.05, 0.1) is 7.11 Å². The van der Waals surface area contributed by atoms with Gasteiger partial charge in [0.25, 0.3) is 0 Å². The van der Waals surface area contributed by atoms with E-state index in [0.29, 0.717) is 6.42 Å². The van der Waals surface area contributed by atoms with Crippen molar-refractivity contribution in [2.75, 3.05) is 7.11 Å². The first-order chi connectivity index (χ1) is 4.31. The van der Waals surface area contributed by atoms with Gasteiger partial charge >= 0.3 is 57.4 Å². The van der Waals surface area contributed by atoms with Crippen LogP contribution in [0.4, 0.5) is 0 Å². The molecule has 0 saturated carbocycles. The zero-order valence-corrected chi connectivity index (χ0v) is 6.14. The van der Waals surface area contributed by atoms with Crippen molar-refractivity contribution >= 4 is 57.4 Å². The summed E-state index contributed by atoms with van der Waals surface area (Å²) in [6.07, 6.45) is 3.81. The Hall–Kier alpha value is 1.11. The molecule has 0 aromatic rings. The van der Waals surface area contributed by atoms with Crippen LogP contribution in [0.1, 0.15) is 32.6 Å². The fourth-order valence-corrected chi connectivity index (χ4v) is 0.621. The Balaban J connectivity index is 0. The summed E-state index contributed by atoms with van der Waals surface area (Å²) >= 11 is 0. The van der Waals surface area contributed by atoms with Gasteiger partial charge in [0.1, 0.15) is 0 Å². The number of rotatable bonds is 4. The molecule has 0 spiro atoms. The molecule has 0 fully saturated rings. The van der Waals surface area contributed by atoms with Gasteiger partial charge in [-0.2, -0.15) is 0 Å².